The van der Waals surface area contributed by atoms with Crippen molar-refractivity contribution in [3.63, 3.8) is 0 Å². The minimum atomic E-state index is 0.732. The number of hydrogen-bond donors (Lipinski definition) is 0. The highest BCUT2D eigenvalue weighted by Crippen LogP contribution is 2.21. The van der Waals surface area contributed by atoms with E-state index in [4.69, 9.17) is 0 Å². The lowest BCUT2D eigenvalue weighted by atomic mass is 10.0. The maximum atomic E-state index is 4.59. The second kappa shape index (κ2) is 5.41. The van der Waals surface area contributed by atoms with Crippen molar-refractivity contribution in [2.24, 2.45) is 0 Å². The van der Waals surface area contributed by atoms with E-state index < -0.39 is 0 Å². The highest BCUT2D eigenvalue weighted by atomic mass is 79.9. The summed E-state index contributed by atoms with van der Waals surface area (Å²) in [5.74, 6) is 0. The summed E-state index contributed by atoms with van der Waals surface area (Å²) in [6.07, 6.45) is 4.08. The van der Waals surface area contributed by atoms with E-state index in [1.807, 2.05) is 0 Å². The van der Waals surface area contributed by atoms with E-state index in [9.17, 15) is 0 Å². The third-order valence-corrected chi connectivity index (χ3v) is 4.47. The predicted molar refractivity (Wildman–Crippen MR) is 68.5 cm³/mol. The summed E-state index contributed by atoms with van der Waals surface area (Å²) in [4.78, 5) is 7.14. The summed E-state index contributed by atoms with van der Waals surface area (Å²) in [7, 11) is 0. The molecule has 1 unspecified atom stereocenters. The molecule has 1 atom stereocenters. The van der Waals surface area contributed by atoms with Gasteiger partial charge in [0.25, 0.3) is 0 Å². The Morgan fingerprint density at radius 2 is 2.47 bits per heavy atom. The Morgan fingerprint density at radius 1 is 1.60 bits per heavy atom. The summed E-state index contributed by atoms with van der Waals surface area (Å²) < 4.78 is 0. The number of hydrogen-bond acceptors (Lipinski definition) is 3. The van der Waals surface area contributed by atoms with Crippen LogP contribution in [0, 0.1) is 0 Å². The van der Waals surface area contributed by atoms with Crippen LogP contribution in [0.1, 0.15) is 36.9 Å². The average molecular weight is 289 g/mol. The van der Waals surface area contributed by atoms with Gasteiger partial charge < -0.3 is 0 Å². The van der Waals surface area contributed by atoms with Gasteiger partial charge in [0.15, 0.2) is 0 Å². The van der Waals surface area contributed by atoms with E-state index in [2.05, 4.69) is 38.1 Å². The zero-order valence-corrected chi connectivity index (χ0v) is 11.5. The molecule has 2 rings (SSSR count). The Kier molecular flexibility index (Phi) is 4.17. The Hall–Kier alpha value is 0.0700. The Morgan fingerprint density at radius 3 is 3.13 bits per heavy atom. The molecular formula is C11H17BrN2S. The summed E-state index contributed by atoms with van der Waals surface area (Å²) in [5, 5.41) is 4.29. The molecule has 1 aliphatic rings. The number of thiazole rings is 1. The summed E-state index contributed by atoms with van der Waals surface area (Å²) in [6.45, 7) is 4.61. The first-order valence-corrected chi connectivity index (χ1v) is 7.53. The van der Waals surface area contributed by atoms with Crippen molar-refractivity contribution >= 4 is 27.3 Å². The Bertz CT molecular complexity index is 313. The summed E-state index contributed by atoms with van der Waals surface area (Å²) >= 11 is 5.23. The van der Waals surface area contributed by atoms with Crippen molar-refractivity contribution in [3.05, 3.63) is 16.1 Å². The van der Waals surface area contributed by atoms with Crippen LogP contribution in [0.15, 0.2) is 5.38 Å². The minimum absolute atomic E-state index is 0.732. The van der Waals surface area contributed by atoms with Gasteiger partial charge in [-0.2, -0.15) is 0 Å². The van der Waals surface area contributed by atoms with Crippen LogP contribution in [0.5, 0.6) is 0 Å². The molecule has 1 aromatic rings. The molecule has 0 bridgehead atoms. The van der Waals surface area contributed by atoms with E-state index in [0.29, 0.717) is 0 Å². The van der Waals surface area contributed by atoms with Crippen LogP contribution in [0.25, 0.3) is 0 Å². The maximum Gasteiger partial charge on any atom is 0.107 e. The second-order valence-corrected chi connectivity index (χ2v) is 5.68. The van der Waals surface area contributed by atoms with Gasteiger partial charge in [-0.05, 0) is 26.3 Å². The van der Waals surface area contributed by atoms with Crippen molar-refractivity contribution in [2.75, 3.05) is 6.54 Å². The van der Waals surface area contributed by atoms with Gasteiger partial charge in [-0.1, -0.05) is 22.4 Å². The van der Waals surface area contributed by atoms with Gasteiger partial charge in [0.05, 0.1) is 12.2 Å². The predicted octanol–water partition coefficient (Wildman–Crippen LogP) is 3.41. The number of piperidine rings is 1. The van der Waals surface area contributed by atoms with Crippen molar-refractivity contribution in [3.8, 4) is 0 Å². The monoisotopic (exact) mass is 288 g/mol. The van der Waals surface area contributed by atoms with Gasteiger partial charge in [0.1, 0.15) is 5.01 Å². The largest absolute Gasteiger partial charge is 0.294 e. The van der Waals surface area contributed by atoms with E-state index >= 15 is 0 Å². The van der Waals surface area contributed by atoms with E-state index in [1.54, 1.807) is 11.3 Å². The first-order chi connectivity index (χ1) is 7.29. The fraction of sp³-hybridized carbons (Fsp3) is 0.727. The smallest absolute Gasteiger partial charge is 0.107 e. The van der Waals surface area contributed by atoms with Gasteiger partial charge in [0.2, 0.25) is 0 Å². The highest BCUT2D eigenvalue weighted by molar-refractivity contribution is 9.08. The molecule has 0 radical (unpaired) electrons. The zero-order valence-electron chi connectivity index (χ0n) is 9.08. The van der Waals surface area contributed by atoms with Crippen LogP contribution in [0.2, 0.25) is 0 Å². The lowest BCUT2D eigenvalue weighted by Gasteiger charge is -2.32. The molecule has 2 nitrogen and oxygen atoms in total. The molecule has 15 heavy (non-hydrogen) atoms. The SMILES string of the molecule is CC1CCCCN1Cc1nc(CBr)cs1. The molecule has 4 heteroatoms. The molecule has 1 fully saturated rings. The molecule has 1 aliphatic heterocycles. The Balaban J connectivity index is 1.95. The van der Waals surface area contributed by atoms with Crippen molar-refractivity contribution < 1.29 is 0 Å². The number of halogens is 1. The lowest BCUT2D eigenvalue weighted by Crippen LogP contribution is -2.36. The molecule has 0 spiro atoms. The molecule has 0 aromatic carbocycles. The number of alkyl halides is 1. The van der Waals surface area contributed by atoms with Crippen molar-refractivity contribution in [1.29, 1.82) is 0 Å². The highest BCUT2D eigenvalue weighted by Gasteiger charge is 2.19. The van der Waals surface area contributed by atoms with Crippen LogP contribution in [0.4, 0.5) is 0 Å². The standard InChI is InChI=1S/C11H17BrN2S/c1-9-4-2-3-5-14(9)7-11-13-10(6-12)8-15-11/h8-9H,2-7H2,1H3. The third-order valence-electron chi connectivity index (χ3n) is 3.02. The van der Waals surface area contributed by atoms with Crippen molar-refractivity contribution in [2.45, 2.75) is 44.1 Å². The molecular weight excluding hydrogens is 272 g/mol. The Labute approximate surface area is 104 Å². The zero-order chi connectivity index (χ0) is 10.7. The number of nitrogens with zero attached hydrogens (tertiary/aromatic N) is 2. The van der Waals surface area contributed by atoms with Crippen LogP contribution in [-0.4, -0.2) is 22.5 Å². The first-order valence-electron chi connectivity index (χ1n) is 5.53. The first kappa shape index (κ1) is 11.6. The fourth-order valence-electron chi connectivity index (χ4n) is 2.05. The maximum absolute atomic E-state index is 4.59. The fourth-order valence-corrected chi connectivity index (χ4v) is 3.37. The molecule has 84 valence electrons. The van der Waals surface area contributed by atoms with Crippen LogP contribution >= 0.6 is 27.3 Å². The molecule has 1 saturated heterocycles. The molecule has 0 aliphatic carbocycles. The van der Waals surface area contributed by atoms with Crippen LogP contribution in [0.3, 0.4) is 0 Å². The van der Waals surface area contributed by atoms with E-state index in [-0.39, 0.29) is 0 Å². The van der Waals surface area contributed by atoms with Gasteiger partial charge in [-0.15, -0.1) is 11.3 Å². The molecule has 0 saturated carbocycles. The number of rotatable bonds is 3. The third kappa shape index (κ3) is 3.02. The van der Waals surface area contributed by atoms with E-state index in [0.717, 1.165) is 17.9 Å². The van der Waals surface area contributed by atoms with Gasteiger partial charge in [-0.3, -0.25) is 4.90 Å². The summed E-state index contributed by atoms with van der Waals surface area (Å²) in [6, 6.07) is 0.732. The van der Waals surface area contributed by atoms with Crippen LogP contribution < -0.4 is 0 Å². The molecule has 0 N–H and O–H groups in total. The minimum Gasteiger partial charge on any atom is -0.294 e. The van der Waals surface area contributed by atoms with Crippen LogP contribution in [-0.2, 0) is 11.9 Å². The molecule has 1 aromatic heterocycles. The summed E-state index contributed by atoms with van der Waals surface area (Å²) in [5.41, 5.74) is 1.17. The topological polar surface area (TPSA) is 16.1 Å². The molecule has 0 amide bonds. The quantitative estimate of drug-likeness (QED) is 0.793. The molecule has 2 heterocycles. The van der Waals surface area contributed by atoms with Crippen molar-refractivity contribution in [1.82, 2.24) is 9.88 Å². The van der Waals surface area contributed by atoms with Gasteiger partial charge in [0, 0.05) is 16.8 Å². The normalized spacial score (nSPS) is 23.2. The van der Waals surface area contributed by atoms with E-state index in [1.165, 1.54) is 36.5 Å². The number of likely N-dealkylation sites (tertiary alicyclic amines) is 1. The lowest BCUT2D eigenvalue weighted by molar-refractivity contribution is 0.152. The van der Waals surface area contributed by atoms with Gasteiger partial charge in [-0.25, -0.2) is 4.98 Å². The number of aromatic nitrogens is 1. The second-order valence-electron chi connectivity index (χ2n) is 4.18. The average Bonchev–Trinajstić information content (AvgIpc) is 2.69. The van der Waals surface area contributed by atoms with Gasteiger partial charge >= 0.3 is 0 Å².